The van der Waals surface area contributed by atoms with Crippen LogP contribution in [0.2, 0.25) is 0 Å². The summed E-state index contributed by atoms with van der Waals surface area (Å²) >= 11 is 0. The van der Waals surface area contributed by atoms with Crippen LogP contribution in [0.3, 0.4) is 0 Å². The number of carboxylic acid groups (broad SMARTS) is 1. The van der Waals surface area contributed by atoms with E-state index in [9.17, 15) is 4.79 Å². The van der Waals surface area contributed by atoms with E-state index in [2.05, 4.69) is 24.9 Å². The van der Waals surface area contributed by atoms with Crippen molar-refractivity contribution in [1.29, 1.82) is 0 Å². The maximum Gasteiger partial charge on any atom is 0.320 e. The molecule has 4 nitrogen and oxygen atoms in total. The summed E-state index contributed by atoms with van der Waals surface area (Å²) in [6, 6.07) is 5.24. The fourth-order valence-corrected chi connectivity index (χ4v) is 2.21. The Morgan fingerprint density at radius 1 is 1.42 bits per heavy atom. The molecular weight excluding hydrogens is 264 g/mol. The summed E-state index contributed by atoms with van der Waals surface area (Å²) in [6.07, 6.45) is 2.20. The first-order valence-corrected chi connectivity index (χ1v) is 6.08. The minimum Gasteiger partial charge on any atom is -0.480 e. The molecule has 1 aromatic heterocycles. The summed E-state index contributed by atoms with van der Waals surface area (Å²) in [5, 5.41) is 9.93. The van der Waals surface area contributed by atoms with Crippen molar-refractivity contribution < 1.29 is 9.90 Å². The summed E-state index contributed by atoms with van der Waals surface area (Å²) < 4.78 is 0. The third kappa shape index (κ3) is 3.08. The van der Waals surface area contributed by atoms with E-state index in [0.29, 0.717) is 12.3 Å². The number of H-pyrrole nitrogens is 1. The second kappa shape index (κ2) is 6.08. The van der Waals surface area contributed by atoms with Crippen LogP contribution in [0.1, 0.15) is 30.9 Å². The first-order valence-electron chi connectivity index (χ1n) is 6.08. The van der Waals surface area contributed by atoms with E-state index in [1.807, 2.05) is 18.3 Å². The number of fused-ring (bicyclic) bond motifs is 1. The predicted octanol–water partition coefficient (Wildman–Crippen LogP) is 2.67. The quantitative estimate of drug-likeness (QED) is 0.806. The van der Waals surface area contributed by atoms with Crippen LogP contribution in [-0.4, -0.2) is 22.1 Å². The van der Waals surface area contributed by atoms with Crippen LogP contribution in [-0.2, 0) is 11.2 Å². The van der Waals surface area contributed by atoms with E-state index in [0.717, 1.165) is 16.5 Å². The number of carboxylic acids is 1. The monoisotopic (exact) mass is 282 g/mol. The van der Waals surface area contributed by atoms with Gasteiger partial charge in [-0.1, -0.05) is 32.0 Å². The lowest BCUT2D eigenvalue weighted by Gasteiger charge is -2.08. The molecule has 4 N–H and O–H groups in total. The fourth-order valence-electron chi connectivity index (χ4n) is 2.21. The van der Waals surface area contributed by atoms with Crippen molar-refractivity contribution in [3.05, 3.63) is 35.5 Å². The number of carbonyl (C=O) groups is 1. The largest absolute Gasteiger partial charge is 0.480 e. The molecule has 0 aliphatic rings. The van der Waals surface area contributed by atoms with E-state index in [4.69, 9.17) is 10.8 Å². The molecule has 104 valence electrons. The van der Waals surface area contributed by atoms with Crippen LogP contribution in [0.5, 0.6) is 0 Å². The van der Waals surface area contributed by atoms with Gasteiger partial charge in [0, 0.05) is 23.5 Å². The van der Waals surface area contributed by atoms with Crippen LogP contribution in [0.25, 0.3) is 10.9 Å². The number of halogens is 1. The molecular formula is C14H19ClN2O2. The number of para-hydroxylation sites is 1. The Kier molecular flexibility index (Phi) is 4.97. The van der Waals surface area contributed by atoms with Crippen molar-refractivity contribution in [2.75, 3.05) is 0 Å². The molecule has 0 aliphatic heterocycles. The third-order valence-electron chi connectivity index (χ3n) is 3.21. The van der Waals surface area contributed by atoms with Gasteiger partial charge in [0.1, 0.15) is 6.04 Å². The van der Waals surface area contributed by atoms with Crippen LogP contribution in [0, 0.1) is 0 Å². The van der Waals surface area contributed by atoms with Crippen molar-refractivity contribution in [1.82, 2.24) is 4.98 Å². The predicted molar refractivity (Wildman–Crippen MR) is 79.0 cm³/mol. The molecule has 0 radical (unpaired) electrons. The highest BCUT2D eigenvalue weighted by Crippen LogP contribution is 2.27. The minimum absolute atomic E-state index is 0. The average molecular weight is 283 g/mol. The lowest BCUT2D eigenvalue weighted by atomic mass is 9.98. The van der Waals surface area contributed by atoms with Gasteiger partial charge in [-0.3, -0.25) is 4.79 Å². The molecule has 0 bridgehead atoms. The number of hydrogen-bond acceptors (Lipinski definition) is 2. The molecule has 0 amide bonds. The van der Waals surface area contributed by atoms with Crippen molar-refractivity contribution in [2.45, 2.75) is 32.2 Å². The number of aromatic nitrogens is 1. The Labute approximate surface area is 118 Å². The topological polar surface area (TPSA) is 79.1 Å². The number of aliphatic carboxylic acids is 1. The van der Waals surface area contributed by atoms with Gasteiger partial charge in [0.15, 0.2) is 0 Å². The molecule has 1 heterocycles. The smallest absolute Gasteiger partial charge is 0.320 e. The Bertz CT molecular complexity index is 578. The Balaban J connectivity index is 0.00000180. The summed E-state index contributed by atoms with van der Waals surface area (Å²) in [5.74, 6) is -0.544. The lowest BCUT2D eigenvalue weighted by molar-refractivity contribution is -0.138. The molecule has 1 unspecified atom stereocenters. The van der Waals surface area contributed by atoms with Gasteiger partial charge in [-0.25, -0.2) is 0 Å². The molecule has 1 aromatic carbocycles. The van der Waals surface area contributed by atoms with Gasteiger partial charge >= 0.3 is 5.97 Å². The molecule has 0 fully saturated rings. The lowest BCUT2D eigenvalue weighted by Crippen LogP contribution is -2.32. The van der Waals surface area contributed by atoms with Crippen molar-refractivity contribution >= 4 is 29.3 Å². The zero-order valence-electron chi connectivity index (χ0n) is 11.0. The number of hydrogen-bond donors (Lipinski definition) is 3. The van der Waals surface area contributed by atoms with Gasteiger partial charge in [0.05, 0.1) is 0 Å². The van der Waals surface area contributed by atoms with E-state index >= 15 is 0 Å². The van der Waals surface area contributed by atoms with Gasteiger partial charge in [-0.2, -0.15) is 0 Å². The van der Waals surface area contributed by atoms with Crippen molar-refractivity contribution in [2.24, 2.45) is 5.73 Å². The second-order valence-corrected chi connectivity index (χ2v) is 4.89. The van der Waals surface area contributed by atoms with Crippen molar-refractivity contribution in [3.63, 3.8) is 0 Å². The molecule has 1 atom stereocenters. The van der Waals surface area contributed by atoms with Gasteiger partial charge in [0.25, 0.3) is 0 Å². The van der Waals surface area contributed by atoms with E-state index in [1.165, 1.54) is 5.56 Å². The summed E-state index contributed by atoms with van der Waals surface area (Å²) in [6.45, 7) is 4.27. The van der Waals surface area contributed by atoms with Crippen LogP contribution in [0.15, 0.2) is 24.4 Å². The second-order valence-electron chi connectivity index (χ2n) is 4.89. The summed E-state index contributed by atoms with van der Waals surface area (Å²) in [7, 11) is 0. The number of benzene rings is 1. The summed E-state index contributed by atoms with van der Waals surface area (Å²) in [5.41, 5.74) is 8.87. The number of aromatic amines is 1. The minimum atomic E-state index is -0.968. The molecule has 0 saturated heterocycles. The molecule has 0 spiro atoms. The maximum absolute atomic E-state index is 10.8. The van der Waals surface area contributed by atoms with E-state index in [1.54, 1.807) is 0 Å². The van der Waals surface area contributed by atoms with Gasteiger partial charge in [-0.15, -0.1) is 12.4 Å². The highest BCUT2D eigenvalue weighted by molar-refractivity contribution is 5.87. The Morgan fingerprint density at radius 3 is 2.68 bits per heavy atom. The van der Waals surface area contributed by atoms with E-state index in [-0.39, 0.29) is 12.4 Å². The highest BCUT2D eigenvalue weighted by Gasteiger charge is 2.16. The molecule has 19 heavy (non-hydrogen) atoms. The zero-order chi connectivity index (χ0) is 13.3. The highest BCUT2D eigenvalue weighted by atomic mass is 35.5. The average Bonchev–Trinajstić information content (AvgIpc) is 2.72. The Morgan fingerprint density at radius 2 is 2.11 bits per heavy atom. The molecule has 5 heteroatoms. The molecule has 0 aliphatic carbocycles. The number of nitrogens with two attached hydrogens (primary N) is 1. The number of rotatable bonds is 4. The zero-order valence-corrected chi connectivity index (χ0v) is 11.8. The van der Waals surface area contributed by atoms with Crippen LogP contribution in [0.4, 0.5) is 0 Å². The molecule has 0 saturated carbocycles. The van der Waals surface area contributed by atoms with Gasteiger partial charge in [-0.05, 0) is 17.0 Å². The third-order valence-corrected chi connectivity index (χ3v) is 3.21. The first-order chi connectivity index (χ1) is 8.50. The van der Waals surface area contributed by atoms with Crippen LogP contribution < -0.4 is 5.73 Å². The fraction of sp³-hybridized carbons (Fsp3) is 0.357. The van der Waals surface area contributed by atoms with Crippen LogP contribution >= 0.6 is 12.4 Å². The number of nitrogens with one attached hydrogen (secondary N) is 1. The maximum atomic E-state index is 10.8. The molecule has 2 aromatic rings. The van der Waals surface area contributed by atoms with E-state index < -0.39 is 12.0 Å². The summed E-state index contributed by atoms with van der Waals surface area (Å²) in [4.78, 5) is 14.0. The van der Waals surface area contributed by atoms with Crippen molar-refractivity contribution in [3.8, 4) is 0 Å². The normalized spacial score (nSPS) is 12.4. The van der Waals surface area contributed by atoms with Gasteiger partial charge < -0.3 is 15.8 Å². The SMILES string of the molecule is CC(C)c1cccc2c(CC(N)C(=O)O)c[nH]c12.Cl. The Hall–Kier alpha value is -1.52. The standard InChI is InChI=1S/C14H18N2O2.ClH/c1-8(2)10-4-3-5-11-9(7-16-13(10)11)6-12(15)14(17)18;/h3-5,7-8,12,16H,6,15H2,1-2H3,(H,17,18);1H. The van der Waals surface area contributed by atoms with Gasteiger partial charge in [0.2, 0.25) is 0 Å². The first kappa shape index (κ1) is 15.5. The molecule has 2 rings (SSSR count).